The van der Waals surface area contributed by atoms with Crippen LogP contribution in [-0.4, -0.2) is 39.3 Å². The monoisotopic (exact) mass is 258 g/mol. The molecule has 6 heteroatoms. The smallest absolute Gasteiger partial charge is 0.245 e. The molecule has 3 heterocycles. The molecular formula is C13H18N6. The first-order chi connectivity index (χ1) is 9.22. The van der Waals surface area contributed by atoms with Gasteiger partial charge in [0.1, 0.15) is 5.69 Å². The van der Waals surface area contributed by atoms with Crippen LogP contribution in [0, 0.1) is 6.92 Å². The Labute approximate surface area is 112 Å². The second kappa shape index (κ2) is 4.97. The molecule has 0 amide bonds. The topological polar surface area (TPSA) is 83.7 Å². The zero-order chi connectivity index (χ0) is 13.2. The minimum Gasteiger partial charge on any atom is -0.339 e. The molecule has 0 bridgehead atoms. The summed E-state index contributed by atoms with van der Waals surface area (Å²) in [5.41, 5.74) is 7.70. The molecule has 0 atom stereocenters. The summed E-state index contributed by atoms with van der Waals surface area (Å²) in [6.07, 6.45) is 1.99. The van der Waals surface area contributed by atoms with Gasteiger partial charge in [-0.1, -0.05) is 6.07 Å². The van der Waals surface area contributed by atoms with E-state index in [9.17, 15) is 0 Å². The highest BCUT2D eigenvalue weighted by Gasteiger charge is 2.19. The number of rotatable bonds is 2. The lowest BCUT2D eigenvalue weighted by molar-refractivity contribution is 0.496. The maximum atomic E-state index is 5.90. The molecule has 3 N–H and O–H groups in total. The molecule has 0 unspecified atom stereocenters. The number of aromatic nitrogens is 4. The Morgan fingerprint density at radius 2 is 2.05 bits per heavy atom. The summed E-state index contributed by atoms with van der Waals surface area (Å²) >= 11 is 0. The average molecular weight is 258 g/mol. The number of nitrogens with one attached hydrogen (secondary N) is 1. The first-order valence-corrected chi connectivity index (χ1v) is 6.59. The van der Waals surface area contributed by atoms with Gasteiger partial charge in [0.25, 0.3) is 0 Å². The number of piperidine rings is 1. The SMILES string of the molecule is Cc1cccc(-c2nc(N3CCC(N)CC3)n[nH]2)n1. The van der Waals surface area contributed by atoms with Crippen molar-refractivity contribution in [2.75, 3.05) is 18.0 Å². The number of nitrogens with two attached hydrogens (primary N) is 1. The van der Waals surface area contributed by atoms with Gasteiger partial charge >= 0.3 is 0 Å². The fraction of sp³-hybridized carbons (Fsp3) is 0.462. The third kappa shape index (κ3) is 2.58. The summed E-state index contributed by atoms with van der Waals surface area (Å²) in [6, 6.07) is 6.18. The molecule has 2 aromatic heterocycles. The number of aromatic amines is 1. The third-order valence-corrected chi connectivity index (χ3v) is 3.43. The fourth-order valence-corrected chi connectivity index (χ4v) is 2.28. The second-order valence-corrected chi connectivity index (χ2v) is 4.97. The van der Waals surface area contributed by atoms with Gasteiger partial charge in [-0.2, -0.15) is 4.98 Å². The van der Waals surface area contributed by atoms with E-state index in [-0.39, 0.29) is 0 Å². The van der Waals surface area contributed by atoms with Crippen molar-refractivity contribution in [1.82, 2.24) is 20.2 Å². The van der Waals surface area contributed by atoms with Gasteiger partial charge in [0.05, 0.1) is 0 Å². The summed E-state index contributed by atoms with van der Waals surface area (Å²) in [5, 5.41) is 7.24. The molecule has 19 heavy (non-hydrogen) atoms. The van der Waals surface area contributed by atoms with Crippen molar-refractivity contribution in [3.63, 3.8) is 0 Å². The molecule has 0 aliphatic carbocycles. The zero-order valence-electron chi connectivity index (χ0n) is 11.0. The zero-order valence-corrected chi connectivity index (χ0v) is 11.0. The standard InChI is InChI=1S/C13H18N6/c1-9-3-2-4-11(15-9)12-16-13(18-17-12)19-7-5-10(14)6-8-19/h2-4,10H,5-8,14H2,1H3,(H,16,17,18). The van der Waals surface area contributed by atoms with Gasteiger partial charge < -0.3 is 10.6 Å². The van der Waals surface area contributed by atoms with Gasteiger partial charge in [0.2, 0.25) is 5.95 Å². The lowest BCUT2D eigenvalue weighted by Gasteiger charge is -2.28. The van der Waals surface area contributed by atoms with E-state index in [0.717, 1.165) is 43.3 Å². The van der Waals surface area contributed by atoms with Crippen LogP contribution in [0.15, 0.2) is 18.2 Å². The van der Waals surface area contributed by atoms with Gasteiger partial charge in [-0.05, 0) is 31.9 Å². The molecule has 2 aromatic rings. The highest BCUT2D eigenvalue weighted by atomic mass is 15.4. The molecule has 100 valence electrons. The molecule has 0 spiro atoms. The summed E-state index contributed by atoms with van der Waals surface area (Å²) in [7, 11) is 0. The molecule has 0 radical (unpaired) electrons. The van der Waals surface area contributed by atoms with Crippen molar-refractivity contribution in [2.24, 2.45) is 5.73 Å². The molecule has 3 rings (SSSR count). The van der Waals surface area contributed by atoms with Gasteiger partial charge in [-0.15, -0.1) is 5.10 Å². The molecule has 0 saturated carbocycles. The average Bonchev–Trinajstić information content (AvgIpc) is 2.89. The van der Waals surface area contributed by atoms with E-state index in [4.69, 9.17) is 5.73 Å². The van der Waals surface area contributed by atoms with Crippen molar-refractivity contribution in [2.45, 2.75) is 25.8 Å². The number of pyridine rings is 1. The van der Waals surface area contributed by atoms with Crippen LogP contribution >= 0.6 is 0 Å². The van der Waals surface area contributed by atoms with E-state index in [1.54, 1.807) is 0 Å². The molecule has 0 aromatic carbocycles. The predicted molar refractivity (Wildman–Crippen MR) is 73.8 cm³/mol. The van der Waals surface area contributed by atoms with E-state index >= 15 is 0 Å². The Bertz CT molecular complexity index is 556. The Morgan fingerprint density at radius 1 is 1.26 bits per heavy atom. The van der Waals surface area contributed by atoms with Crippen LogP contribution in [0.1, 0.15) is 18.5 Å². The van der Waals surface area contributed by atoms with E-state index in [1.165, 1.54) is 0 Å². The van der Waals surface area contributed by atoms with Crippen molar-refractivity contribution < 1.29 is 0 Å². The summed E-state index contributed by atoms with van der Waals surface area (Å²) in [6.45, 7) is 3.80. The minimum atomic E-state index is 0.313. The van der Waals surface area contributed by atoms with Crippen molar-refractivity contribution in [1.29, 1.82) is 0 Å². The molecule has 1 aliphatic heterocycles. The number of hydrogen-bond acceptors (Lipinski definition) is 5. The van der Waals surface area contributed by atoms with Crippen LogP contribution < -0.4 is 10.6 Å². The maximum Gasteiger partial charge on any atom is 0.245 e. The molecule has 6 nitrogen and oxygen atoms in total. The van der Waals surface area contributed by atoms with Crippen molar-refractivity contribution in [3.05, 3.63) is 23.9 Å². The fourth-order valence-electron chi connectivity index (χ4n) is 2.28. The van der Waals surface area contributed by atoms with Crippen molar-refractivity contribution >= 4 is 5.95 Å². The number of anilines is 1. The molecule has 1 saturated heterocycles. The Balaban J connectivity index is 1.80. The lowest BCUT2D eigenvalue weighted by atomic mass is 10.1. The predicted octanol–water partition coefficient (Wildman–Crippen LogP) is 1.10. The number of nitrogens with zero attached hydrogens (tertiary/aromatic N) is 4. The van der Waals surface area contributed by atoms with E-state index in [1.807, 2.05) is 25.1 Å². The van der Waals surface area contributed by atoms with Crippen LogP contribution in [0.5, 0.6) is 0 Å². The Morgan fingerprint density at radius 3 is 2.79 bits per heavy atom. The lowest BCUT2D eigenvalue weighted by Crippen LogP contribution is -2.40. The minimum absolute atomic E-state index is 0.313. The summed E-state index contributed by atoms with van der Waals surface area (Å²) in [5.74, 6) is 1.46. The number of H-pyrrole nitrogens is 1. The third-order valence-electron chi connectivity index (χ3n) is 3.43. The second-order valence-electron chi connectivity index (χ2n) is 4.97. The largest absolute Gasteiger partial charge is 0.339 e. The summed E-state index contributed by atoms with van der Waals surface area (Å²) < 4.78 is 0. The maximum absolute atomic E-state index is 5.90. The Kier molecular flexibility index (Phi) is 3.16. The first kappa shape index (κ1) is 12.1. The van der Waals surface area contributed by atoms with Gasteiger partial charge in [0.15, 0.2) is 5.82 Å². The van der Waals surface area contributed by atoms with Gasteiger partial charge in [0, 0.05) is 24.8 Å². The highest BCUT2D eigenvalue weighted by molar-refractivity contribution is 5.51. The van der Waals surface area contributed by atoms with Gasteiger partial charge in [-0.25, -0.2) is 4.98 Å². The van der Waals surface area contributed by atoms with E-state index < -0.39 is 0 Å². The van der Waals surface area contributed by atoms with Crippen molar-refractivity contribution in [3.8, 4) is 11.5 Å². The van der Waals surface area contributed by atoms with Crippen LogP contribution in [0.25, 0.3) is 11.5 Å². The van der Waals surface area contributed by atoms with E-state index in [2.05, 4.69) is 25.1 Å². The number of aryl methyl sites for hydroxylation is 1. The normalized spacial score (nSPS) is 16.8. The summed E-state index contributed by atoms with van der Waals surface area (Å²) in [4.78, 5) is 11.1. The molecule has 1 fully saturated rings. The number of hydrogen-bond donors (Lipinski definition) is 2. The first-order valence-electron chi connectivity index (χ1n) is 6.59. The van der Waals surface area contributed by atoms with Gasteiger partial charge in [-0.3, -0.25) is 5.10 Å². The van der Waals surface area contributed by atoms with E-state index in [0.29, 0.717) is 11.9 Å². The van der Waals surface area contributed by atoms with Crippen LogP contribution in [0.4, 0.5) is 5.95 Å². The van der Waals surface area contributed by atoms with Crippen LogP contribution in [0.2, 0.25) is 0 Å². The van der Waals surface area contributed by atoms with Crippen LogP contribution in [0.3, 0.4) is 0 Å². The Hall–Kier alpha value is -1.95. The molecular weight excluding hydrogens is 240 g/mol. The highest BCUT2D eigenvalue weighted by Crippen LogP contribution is 2.18. The van der Waals surface area contributed by atoms with Crippen LogP contribution in [-0.2, 0) is 0 Å². The quantitative estimate of drug-likeness (QED) is 0.842. The molecule has 1 aliphatic rings.